The van der Waals surface area contributed by atoms with Crippen molar-refractivity contribution in [2.45, 2.75) is 6.92 Å². The molecule has 0 unspecified atom stereocenters. The second-order valence-corrected chi connectivity index (χ2v) is 5.72. The van der Waals surface area contributed by atoms with Crippen molar-refractivity contribution in [3.05, 3.63) is 64.3 Å². The molecule has 0 aliphatic heterocycles. The van der Waals surface area contributed by atoms with Crippen LogP contribution < -0.4 is 4.74 Å². The minimum Gasteiger partial charge on any atom is -0.497 e. The maximum absolute atomic E-state index is 6.13. The molecule has 1 heterocycles. The molecule has 0 radical (unpaired) electrons. The summed E-state index contributed by atoms with van der Waals surface area (Å²) in [5.41, 5.74) is 3.80. The van der Waals surface area contributed by atoms with Gasteiger partial charge in [0.25, 0.3) is 0 Å². The van der Waals surface area contributed by atoms with Crippen LogP contribution in [-0.2, 0) is 0 Å². The van der Waals surface area contributed by atoms with Crippen molar-refractivity contribution in [1.29, 1.82) is 0 Å². The molecule has 0 N–H and O–H groups in total. The van der Waals surface area contributed by atoms with E-state index in [9.17, 15) is 0 Å². The molecule has 2 aromatic carbocycles. The summed E-state index contributed by atoms with van der Waals surface area (Å²) in [5.74, 6) is 0.809. The predicted molar refractivity (Wildman–Crippen MR) is 90.3 cm³/mol. The fourth-order valence-corrected chi connectivity index (χ4v) is 2.58. The molecule has 0 spiro atoms. The maximum atomic E-state index is 6.13. The number of benzene rings is 2. The van der Waals surface area contributed by atoms with E-state index in [2.05, 4.69) is 5.10 Å². The van der Waals surface area contributed by atoms with Crippen molar-refractivity contribution in [1.82, 2.24) is 9.78 Å². The molecule has 0 amide bonds. The number of halogens is 2. The number of ether oxygens (including phenoxy) is 1. The van der Waals surface area contributed by atoms with E-state index >= 15 is 0 Å². The highest BCUT2D eigenvalue weighted by Crippen LogP contribution is 2.30. The topological polar surface area (TPSA) is 27.1 Å². The first kappa shape index (κ1) is 14.9. The summed E-state index contributed by atoms with van der Waals surface area (Å²) in [4.78, 5) is 0. The zero-order chi connectivity index (χ0) is 15.7. The van der Waals surface area contributed by atoms with Gasteiger partial charge in [-0.05, 0) is 49.4 Å². The highest BCUT2D eigenvalue weighted by atomic mass is 35.5. The van der Waals surface area contributed by atoms with Crippen molar-refractivity contribution in [2.24, 2.45) is 0 Å². The summed E-state index contributed by atoms with van der Waals surface area (Å²) in [6.07, 6.45) is 0. The lowest BCUT2D eigenvalue weighted by Crippen LogP contribution is -1.99. The van der Waals surface area contributed by atoms with E-state index < -0.39 is 0 Å². The quantitative estimate of drug-likeness (QED) is 0.662. The predicted octanol–water partition coefficient (Wildman–Crippen LogP) is 5.16. The van der Waals surface area contributed by atoms with Gasteiger partial charge < -0.3 is 4.74 Å². The van der Waals surface area contributed by atoms with E-state index in [1.165, 1.54) is 0 Å². The zero-order valence-corrected chi connectivity index (χ0v) is 13.7. The van der Waals surface area contributed by atoms with Gasteiger partial charge in [0.15, 0.2) is 0 Å². The summed E-state index contributed by atoms with van der Waals surface area (Å²) in [6.45, 7) is 1.96. The van der Waals surface area contributed by atoms with Crippen molar-refractivity contribution >= 4 is 23.2 Å². The molecule has 5 heteroatoms. The third kappa shape index (κ3) is 2.82. The van der Waals surface area contributed by atoms with Crippen molar-refractivity contribution < 1.29 is 4.74 Å². The molecule has 0 aliphatic carbocycles. The Balaban J connectivity index is 2.10. The summed E-state index contributed by atoms with van der Waals surface area (Å²) < 4.78 is 7.08. The number of nitrogens with zero attached hydrogens (tertiary/aromatic N) is 2. The highest BCUT2D eigenvalue weighted by molar-refractivity contribution is 6.42. The number of hydrogen-bond acceptors (Lipinski definition) is 2. The van der Waals surface area contributed by atoms with Gasteiger partial charge in [0.2, 0.25) is 0 Å². The Hall–Kier alpha value is -1.97. The molecular weight excluding hydrogens is 319 g/mol. The van der Waals surface area contributed by atoms with Crippen LogP contribution in [0.15, 0.2) is 48.5 Å². The molecule has 0 atom stereocenters. The Morgan fingerprint density at radius 2 is 1.68 bits per heavy atom. The molecule has 0 fully saturated rings. The lowest BCUT2D eigenvalue weighted by Gasteiger charge is -2.09. The van der Waals surface area contributed by atoms with Crippen molar-refractivity contribution in [3.8, 4) is 22.7 Å². The molecule has 0 saturated heterocycles. The Kier molecular flexibility index (Phi) is 4.10. The van der Waals surface area contributed by atoms with E-state index in [1.807, 2.05) is 54.1 Å². The molecule has 0 saturated carbocycles. The Bertz CT molecular complexity index is 810. The highest BCUT2D eigenvalue weighted by Gasteiger charge is 2.11. The van der Waals surface area contributed by atoms with Crippen LogP contribution in [0.1, 0.15) is 5.69 Å². The maximum Gasteiger partial charge on any atom is 0.119 e. The van der Waals surface area contributed by atoms with Gasteiger partial charge >= 0.3 is 0 Å². The van der Waals surface area contributed by atoms with Gasteiger partial charge in [-0.3, -0.25) is 0 Å². The summed E-state index contributed by atoms with van der Waals surface area (Å²) in [7, 11) is 1.65. The van der Waals surface area contributed by atoms with Crippen LogP contribution in [0.2, 0.25) is 10.0 Å². The average Bonchev–Trinajstić information content (AvgIpc) is 2.92. The van der Waals surface area contributed by atoms with Crippen molar-refractivity contribution in [2.75, 3.05) is 7.11 Å². The molecule has 0 aliphatic rings. The fourth-order valence-electron chi connectivity index (χ4n) is 2.28. The first-order valence-electron chi connectivity index (χ1n) is 6.75. The SMILES string of the molecule is COc1ccc(-n2nc(C)cc2-c2ccc(Cl)c(Cl)c2)cc1. The number of aromatic nitrogens is 2. The average molecular weight is 333 g/mol. The van der Waals surface area contributed by atoms with E-state index in [-0.39, 0.29) is 0 Å². The monoisotopic (exact) mass is 332 g/mol. The standard InChI is InChI=1S/C17H14Cl2N2O/c1-11-9-17(12-3-8-15(18)16(19)10-12)21(20-11)13-4-6-14(22-2)7-5-13/h3-10H,1-2H3. The smallest absolute Gasteiger partial charge is 0.119 e. The van der Waals surface area contributed by atoms with Crippen LogP contribution in [0.25, 0.3) is 16.9 Å². The zero-order valence-electron chi connectivity index (χ0n) is 12.2. The van der Waals surface area contributed by atoms with E-state index in [0.29, 0.717) is 10.0 Å². The first-order chi connectivity index (χ1) is 10.6. The Morgan fingerprint density at radius 3 is 2.32 bits per heavy atom. The van der Waals surface area contributed by atoms with Crippen molar-refractivity contribution in [3.63, 3.8) is 0 Å². The van der Waals surface area contributed by atoms with Gasteiger partial charge in [-0.25, -0.2) is 4.68 Å². The van der Waals surface area contributed by atoms with Crippen LogP contribution in [0.4, 0.5) is 0 Å². The van der Waals surface area contributed by atoms with E-state index in [1.54, 1.807) is 13.2 Å². The number of aryl methyl sites for hydroxylation is 1. The lowest BCUT2D eigenvalue weighted by atomic mass is 10.1. The van der Waals surface area contributed by atoms with Gasteiger partial charge in [-0.2, -0.15) is 5.10 Å². The molecule has 1 aromatic heterocycles. The van der Waals surface area contributed by atoms with Gasteiger partial charge in [0.05, 0.1) is 34.2 Å². The summed E-state index contributed by atoms with van der Waals surface area (Å²) >= 11 is 12.1. The first-order valence-corrected chi connectivity index (χ1v) is 7.50. The third-order valence-electron chi connectivity index (χ3n) is 3.36. The minimum absolute atomic E-state index is 0.527. The van der Waals surface area contributed by atoms with Crippen LogP contribution in [0.5, 0.6) is 5.75 Å². The van der Waals surface area contributed by atoms with Gasteiger partial charge in [-0.1, -0.05) is 29.3 Å². The van der Waals surface area contributed by atoms with Crippen LogP contribution in [0.3, 0.4) is 0 Å². The minimum atomic E-state index is 0.527. The van der Waals surface area contributed by atoms with Gasteiger partial charge in [0.1, 0.15) is 5.75 Å². The van der Waals surface area contributed by atoms with Gasteiger partial charge in [-0.15, -0.1) is 0 Å². The van der Waals surface area contributed by atoms with Crippen LogP contribution in [-0.4, -0.2) is 16.9 Å². The Labute approximate surface area is 139 Å². The summed E-state index contributed by atoms with van der Waals surface area (Å²) in [5, 5.41) is 5.63. The van der Waals surface area contributed by atoms with Crippen LogP contribution in [0, 0.1) is 6.92 Å². The molecule has 112 valence electrons. The molecular formula is C17H14Cl2N2O. The lowest BCUT2D eigenvalue weighted by molar-refractivity contribution is 0.414. The normalized spacial score (nSPS) is 10.7. The number of hydrogen-bond donors (Lipinski definition) is 0. The second kappa shape index (κ2) is 6.03. The molecule has 3 rings (SSSR count). The third-order valence-corrected chi connectivity index (χ3v) is 4.10. The molecule has 3 nitrogen and oxygen atoms in total. The summed E-state index contributed by atoms with van der Waals surface area (Å²) in [6, 6.07) is 15.3. The molecule has 22 heavy (non-hydrogen) atoms. The molecule has 0 bridgehead atoms. The molecule has 3 aromatic rings. The number of methoxy groups -OCH3 is 1. The van der Waals surface area contributed by atoms with E-state index in [4.69, 9.17) is 27.9 Å². The van der Waals surface area contributed by atoms with Gasteiger partial charge in [0, 0.05) is 5.56 Å². The Morgan fingerprint density at radius 1 is 0.955 bits per heavy atom. The number of rotatable bonds is 3. The largest absolute Gasteiger partial charge is 0.497 e. The van der Waals surface area contributed by atoms with Crippen LogP contribution >= 0.6 is 23.2 Å². The second-order valence-electron chi connectivity index (χ2n) is 4.91. The fraction of sp³-hybridized carbons (Fsp3) is 0.118. The van der Waals surface area contributed by atoms with E-state index in [0.717, 1.165) is 28.4 Å².